The van der Waals surface area contributed by atoms with Crippen LogP contribution in [0.2, 0.25) is 0 Å². The second kappa shape index (κ2) is 7.86. The molecule has 11 heteroatoms. The molecule has 0 radical (unpaired) electrons. The van der Waals surface area contributed by atoms with E-state index in [1.807, 2.05) is 0 Å². The molecular weight excluding hydrogens is 411 g/mol. The minimum atomic E-state index is -1.13. The molecule has 31 heavy (non-hydrogen) atoms. The molecule has 0 bridgehead atoms. The summed E-state index contributed by atoms with van der Waals surface area (Å²) in [7, 11) is 0. The Bertz CT molecular complexity index is 1310. The summed E-state index contributed by atoms with van der Waals surface area (Å²) < 4.78 is 42.7. The van der Waals surface area contributed by atoms with Gasteiger partial charge in [0, 0.05) is 24.2 Å². The number of nitrogens with zero attached hydrogens (tertiary/aromatic N) is 5. The van der Waals surface area contributed by atoms with Gasteiger partial charge in [0.15, 0.2) is 17.5 Å². The number of benzene rings is 2. The molecule has 0 unspecified atom stereocenters. The third kappa shape index (κ3) is 3.80. The highest BCUT2D eigenvalue weighted by Crippen LogP contribution is 2.33. The third-order valence-electron chi connectivity index (χ3n) is 4.39. The molecule has 2 aromatic heterocycles. The molecule has 3 N–H and O–H groups in total. The summed E-state index contributed by atoms with van der Waals surface area (Å²) >= 11 is 0. The first kappa shape index (κ1) is 20.0. The van der Waals surface area contributed by atoms with Gasteiger partial charge in [0.05, 0.1) is 11.3 Å². The number of aromatic nitrogens is 5. The van der Waals surface area contributed by atoms with Gasteiger partial charge in [0.2, 0.25) is 5.91 Å². The van der Waals surface area contributed by atoms with Crippen molar-refractivity contribution in [3.05, 3.63) is 66.1 Å². The monoisotopic (exact) mass is 425 g/mol. The van der Waals surface area contributed by atoms with Crippen LogP contribution in [-0.2, 0) is 4.79 Å². The third-order valence-corrected chi connectivity index (χ3v) is 4.39. The number of rotatable bonds is 4. The molecule has 2 heterocycles. The molecule has 0 aliphatic rings. The van der Waals surface area contributed by atoms with Crippen molar-refractivity contribution in [3.63, 3.8) is 0 Å². The lowest BCUT2D eigenvalue weighted by molar-refractivity contribution is -0.114. The Morgan fingerprint density at radius 1 is 1.10 bits per heavy atom. The van der Waals surface area contributed by atoms with Crippen molar-refractivity contribution in [1.82, 2.24) is 25.2 Å². The van der Waals surface area contributed by atoms with Crippen molar-refractivity contribution >= 4 is 17.4 Å². The number of hydrogen-bond donors (Lipinski definition) is 2. The Balaban J connectivity index is 1.86. The number of amides is 1. The number of halogens is 3. The molecule has 0 saturated carbocycles. The minimum absolute atomic E-state index is 0.0135. The van der Waals surface area contributed by atoms with E-state index in [2.05, 4.69) is 25.8 Å². The molecule has 0 spiro atoms. The van der Waals surface area contributed by atoms with Gasteiger partial charge in [-0.05, 0) is 46.8 Å². The lowest BCUT2D eigenvalue weighted by Crippen LogP contribution is -2.08. The number of tetrazole rings is 1. The fraction of sp³-hybridized carbons (Fsp3) is 0.0500. The number of carbonyl (C=O) groups excluding carboxylic acids is 1. The molecule has 8 nitrogen and oxygen atoms in total. The van der Waals surface area contributed by atoms with E-state index in [0.29, 0.717) is 11.1 Å². The number of nitrogens with one attached hydrogen (secondary N) is 1. The zero-order valence-corrected chi connectivity index (χ0v) is 16.0. The summed E-state index contributed by atoms with van der Waals surface area (Å²) in [5.74, 6) is -3.09. The molecule has 0 aliphatic heterocycles. The Morgan fingerprint density at radius 3 is 2.68 bits per heavy atom. The van der Waals surface area contributed by atoms with Crippen LogP contribution in [-0.4, -0.2) is 31.1 Å². The van der Waals surface area contributed by atoms with Gasteiger partial charge >= 0.3 is 0 Å². The van der Waals surface area contributed by atoms with Crippen LogP contribution in [0.15, 0.2) is 48.7 Å². The molecule has 1 amide bonds. The fourth-order valence-electron chi connectivity index (χ4n) is 3.04. The molecule has 4 aromatic rings. The van der Waals surface area contributed by atoms with Gasteiger partial charge in [-0.25, -0.2) is 18.2 Å². The van der Waals surface area contributed by atoms with Crippen LogP contribution in [0.3, 0.4) is 0 Å². The summed E-state index contributed by atoms with van der Waals surface area (Å²) in [4.78, 5) is 15.6. The van der Waals surface area contributed by atoms with Crippen molar-refractivity contribution in [1.29, 1.82) is 0 Å². The Hall–Kier alpha value is -4.28. The molecule has 0 aliphatic carbocycles. The zero-order chi connectivity index (χ0) is 22.1. The van der Waals surface area contributed by atoms with E-state index >= 15 is 0 Å². The van der Waals surface area contributed by atoms with Crippen LogP contribution in [0.5, 0.6) is 0 Å². The Morgan fingerprint density at radius 2 is 1.90 bits per heavy atom. The first-order chi connectivity index (χ1) is 14.8. The quantitative estimate of drug-likeness (QED) is 0.519. The number of carbonyl (C=O) groups is 1. The molecule has 0 fully saturated rings. The van der Waals surface area contributed by atoms with Gasteiger partial charge in [-0.3, -0.25) is 4.79 Å². The van der Waals surface area contributed by atoms with Crippen molar-refractivity contribution in [2.45, 2.75) is 6.92 Å². The molecule has 4 rings (SSSR count). The van der Waals surface area contributed by atoms with E-state index < -0.39 is 17.5 Å². The van der Waals surface area contributed by atoms with Gasteiger partial charge in [-0.15, -0.1) is 5.10 Å². The zero-order valence-electron chi connectivity index (χ0n) is 16.0. The summed E-state index contributed by atoms with van der Waals surface area (Å²) in [5, 5.41) is 13.7. The van der Waals surface area contributed by atoms with E-state index in [1.54, 1.807) is 6.07 Å². The number of pyridine rings is 1. The fourth-order valence-corrected chi connectivity index (χ4v) is 3.04. The maximum absolute atomic E-state index is 14.3. The molecular formula is C20H14F3N7O. The standard InChI is InChI=1S/C20H14F3N7O/c1-10(31)26-16-8-12(21)5-6-13(16)11-7-14(19(24)25-9-11)20-27-28-29-30(20)17-4-2-3-15(22)18(17)23/h2-9H,1H3,(H2,24,25)(H,26,31). The highest BCUT2D eigenvalue weighted by molar-refractivity contribution is 5.94. The largest absolute Gasteiger partial charge is 0.383 e. The first-order valence-corrected chi connectivity index (χ1v) is 8.91. The van der Waals surface area contributed by atoms with Crippen LogP contribution in [0.25, 0.3) is 28.2 Å². The Labute approximate surface area is 173 Å². The van der Waals surface area contributed by atoms with E-state index in [1.165, 1.54) is 43.5 Å². The predicted octanol–water partition coefficient (Wildman–Crippen LogP) is 3.35. The van der Waals surface area contributed by atoms with Crippen LogP contribution >= 0.6 is 0 Å². The van der Waals surface area contributed by atoms with Gasteiger partial charge < -0.3 is 11.1 Å². The second-order valence-corrected chi connectivity index (χ2v) is 6.52. The second-order valence-electron chi connectivity index (χ2n) is 6.52. The maximum atomic E-state index is 14.3. The smallest absolute Gasteiger partial charge is 0.221 e. The first-order valence-electron chi connectivity index (χ1n) is 8.91. The van der Waals surface area contributed by atoms with Crippen molar-refractivity contribution in [3.8, 4) is 28.2 Å². The highest BCUT2D eigenvalue weighted by atomic mass is 19.2. The summed E-state index contributed by atoms with van der Waals surface area (Å²) in [6.45, 7) is 1.29. The molecule has 0 atom stereocenters. The number of nitrogens with two attached hydrogens (primary N) is 1. The van der Waals surface area contributed by atoms with E-state index in [9.17, 15) is 18.0 Å². The van der Waals surface area contributed by atoms with Crippen LogP contribution in [0, 0.1) is 17.5 Å². The van der Waals surface area contributed by atoms with E-state index in [4.69, 9.17) is 5.73 Å². The van der Waals surface area contributed by atoms with Crippen molar-refractivity contribution in [2.24, 2.45) is 0 Å². The average molecular weight is 425 g/mol. The molecule has 0 saturated heterocycles. The summed E-state index contributed by atoms with van der Waals surface area (Å²) in [5.41, 5.74) is 7.15. The number of anilines is 2. The minimum Gasteiger partial charge on any atom is -0.383 e. The predicted molar refractivity (Wildman–Crippen MR) is 106 cm³/mol. The normalized spacial score (nSPS) is 10.8. The topological polar surface area (TPSA) is 112 Å². The summed E-state index contributed by atoms with van der Waals surface area (Å²) in [6, 6.07) is 9.00. The van der Waals surface area contributed by atoms with Crippen molar-refractivity contribution < 1.29 is 18.0 Å². The Kier molecular flexibility index (Phi) is 5.07. The van der Waals surface area contributed by atoms with Gasteiger partial charge in [-0.2, -0.15) is 4.68 Å². The maximum Gasteiger partial charge on any atom is 0.221 e. The molecule has 156 valence electrons. The SMILES string of the molecule is CC(=O)Nc1cc(F)ccc1-c1cnc(N)c(-c2nnnn2-c2cccc(F)c2F)c1. The van der Waals surface area contributed by atoms with Gasteiger partial charge in [0.25, 0.3) is 0 Å². The lowest BCUT2D eigenvalue weighted by Gasteiger charge is -2.13. The van der Waals surface area contributed by atoms with Gasteiger partial charge in [-0.1, -0.05) is 6.07 Å². The number of hydrogen-bond acceptors (Lipinski definition) is 6. The van der Waals surface area contributed by atoms with Crippen LogP contribution in [0.1, 0.15) is 6.92 Å². The summed E-state index contributed by atoms with van der Waals surface area (Å²) in [6.07, 6.45) is 1.42. The van der Waals surface area contributed by atoms with Crippen LogP contribution in [0.4, 0.5) is 24.7 Å². The average Bonchev–Trinajstić information content (AvgIpc) is 3.20. The van der Waals surface area contributed by atoms with Crippen molar-refractivity contribution in [2.75, 3.05) is 11.1 Å². The van der Waals surface area contributed by atoms with E-state index in [0.717, 1.165) is 10.7 Å². The number of nitrogen functional groups attached to an aromatic ring is 1. The van der Waals surface area contributed by atoms with Crippen LogP contribution < -0.4 is 11.1 Å². The highest BCUT2D eigenvalue weighted by Gasteiger charge is 2.20. The van der Waals surface area contributed by atoms with E-state index in [-0.39, 0.29) is 34.5 Å². The van der Waals surface area contributed by atoms with Gasteiger partial charge in [0.1, 0.15) is 17.3 Å². The lowest BCUT2D eigenvalue weighted by atomic mass is 10.0. The molecule has 2 aromatic carbocycles.